The van der Waals surface area contributed by atoms with E-state index in [2.05, 4.69) is 5.32 Å². The molecule has 0 bridgehead atoms. The fourth-order valence-electron chi connectivity index (χ4n) is 3.51. The molecule has 0 radical (unpaired) electrons. The van der Waals surface area contributed by atoms with Crippen LogP contribution in [0, 0.1) is 0 Å². The zero-order valence-electron chi connectivity index (χ0n) is 11.9. The minimum Gasteiger partial charge on any atom is -0.496 e. The molecule has 0 aliphatic heterocycles. The van der Waals surface area contributed by atoms with Gasteiger partial charge < -0.3 is 15.8 Å². The number of hydrogen-bond acceptors (Lipinski definition) is 3. The summed E-state index contributed by atoms with van der Waals surface area (Å²) < 4.78 is 5.38. The molecule has 1 saturated carbocycles. The fraction of sp³-hybridized carbons (Fsp3) is 0.562. The second-order valence-corrected chi connectivity index (χ2v) is 5.91. The van der Waals surface area contributed by atoms with Gasteiger partial charge in [-0.15, -0.1) is 0 Å². The van der Waals surface area contributed by atoms with E-state index < -0.39 is 5.54 Å². The molecule has 3 rings (SSSR count). The summed E-state index contributed by atoms with van der Waals surface area (Å²) in [6.07, 6.45) is 6.01. The molecule has 2 aliphatic rings. The maximum absolute atomic E-state index is 12.6. The van der Waals surface area contributed by atoms with Crippen LogP contribution in [-0.2, 0) is 16.8 Å². The van der Waals surface area contributed by atoms with Crippen molar-refractivity contribution in [2.24, 2.45) is 5.73 Å². The number of nitrogens with two attached hydrogens (primary N) is 1. The number of methoxy groups -OCH3 is 1. The summed E-state index contributed by atoms with van der Waals surface area (Å²) in [7, 11) is 1.66. The van der Waals surface area contributed by atoms with Gasteiger partial charge in [0.2, 0.25) is 5.91 Å². The highest BCUT2D eigenvalue weighted by Crippen LogP contribution is 2.40. The van der Waals surface area contributed by atoms with E-state index in [-0.39, 0.29) is 5.91 Å². The van der Waals surface area contributed by atoms with Crippen LogP contribution in [0.4, 0.5) is 0 Å². The third-order valence-corrected chi connectivity index (χ3v) is 4.70. The highest BCUT2D eigenvalue weighted by atomic mass is 16.5. The van der Waals surface area contributed by atoms with Gasteiger partial charge in [-0.05, 0) is 42.9 Å². The monoisotopic (exact) mass is 274 g/mol. The third-order valence-electron chi connectivity index (χ3n) is 4.70. The van der Waals surface area contributed by atoms with Crippen LogP contribution in [0.25, 0.3) is 0 Å². The fourth-order valence-corrected chi connectivity index (χ4v) is 3.51. The van der Waals surface area contributed by atoms with Crippen LogP contribution in [-0.4, -0.2) is 19.1 Å². The zero-order valence-corrected chi connectivity index (χ0v) is 11.9. The molecule has 4 heteroatoms. The average Bonchev–Trinajstić information content (AvgIpc) is 3.08. The first-order valence-electron chi connectivity index (χ1n) is 7.41. The van der Waals surface area contributed by atoms with E-state index in [9.17, 15) is 4.79 Å². The quantitative estimate of drug-likeness (QED) is 0.884. The number of carbonyl (C=O) groups is 1. The second-order valence-electron chi connectivity index (χ2n) is 5.91. The Morgan fingerprint density at radius 1 is 1.40 bits per heavy atom. The van der Waals surface area contributed by atoms with Gasteiger partial charge in [0.15, 0.2) is 0 Å². The van der Waals surface area contributed by atoms with Crippen LogP contribution in [0.1, 0.15) is 43.2 Å². The van der Waals surface area contributed by atoms with Crippen molar-refractivity contribution in [3.8, 4) is 5.75 Å². The molecule has 0 heterocycles. The Labute approximate surface area is 119 Å². The lowest BCUT2D eigenvalue weighted by molar-refractivity contribution is -0.127. The Kier molecular flexibility index (Phi) is 3.42. The van der Waals surface area contributed by atoms with E-state index in [4.69, 9.17) is 10.5 Å². The van der Waals surface area contributed by atoms with E-state index in [1.807, 2.05) is 18.2 Å². The van der Waals surface area contributed by atoms with Gasteiger partial charge in [0.25, 0.3) is 0 Å². The van der Waals surface area contributed by atoms with Gasteiger partial charge >= 0.3 is 0 Å². The molecule has 0 spiro atoms. The van der Waals surface area contributed by atoms with Crippen molar-refractivity contribution >= 4 is 5.91 Å². The summed E-state index contributed by atoms with van der Waals surface area (Å²) in [6.45, 7) is 0. The van der Waals surface area contributed by atoms with Crippen molar-refractivity contribution in [3.63, 3.8) is 0 Å². The Hall–Kier alpha value is -1.55. The molecule has 0 saturated heterocycles. The molecular formula is C16H22N2O2. The molecule has 4 nitrogen and oxygen atoms in total. The van der Waals surface area contributed by atoms with Gasteiger partial charge in [0, 0.05) is 6.04 Å². The number of amides is 1. The molecule has 0 aromatic heterocycles. The maximum atomic E-state index is 12.6. The van der Waals surface area contributed by atoms with E-state index >= 15 is 0 Å². The number of ether oxygens (including phenoxy) is 1. The van der Waals surface area contributed by atoms with Crippen LogP contribution in [0.15, 0.2) is 18.2 Å². The molecule has 1 aromatic rings. The van der Waals surface area contributed by atoms with E-state index in [0.29, 0.717) is 12.5 Å². The summed E-state index contributed by atoms with van der Waals surface area (Å²) in [5.41, 5.74) is 7.56. The number of nitrogens with one attached hydrogen (secondary N) is 1. The number of benzene rings is 1. The summed E-state index contributed by atoms with van der Waals surface area (Å²) in [6, 6.07) is 6.10. The molecular weight excluding hydrogens is 252 g/mol. The Morgan fingerprint density at radius 2 is 2.15 bits per heavy atom. The lowest BCUT2D eigenvalue weighted by atomic mass is 9.91. The minimum absolute atomic E-state index is 0.0311. The van der Waals surface area contributed by atoms with Gasteiger partial charge in [-0.1, -0.05) is 25.0 Å². The van der Waals surface area contributed by atoms with E-state index in [1.165, 1.54) is 12.8 Å². The number of carbonyl (C=O) groups excluding carboxylic acids is 1. The molecule has 20 heavy (non-hydrogen) atoms. The standard InChI is InChI=1S/C16H22N2O2/c1-20-14-8-4-7-13-12(14)9-10-16(13,17)15(19)18-11-5-2-3-6-11/h4,7-8,11H,2-3,5-6,9-10,17H2,1H3,(H,18,19)/t16-/m1/s1. The summed E-state index contributed by atoms with van der Waals surface area (Å²) >= 11 is 0. The summed E-state index contributed by atoms with van der Waals surface area (Å²) in [5, 5.41) is 3.13. The first kappa shape index (κ1) is 13.4. The largest absolute Gasteiger partial charge is 0.496 e. The van der Waals surface area contributed by atoms with Crippen molar-refractivity contribution in [1.29, 1.82) is 0 Å². The second kappa shape index (κ2) is 5.09. The lowest BCUT2D eigenvalue weighted by Crippen LogP contribution is -2.52. The van der Waals surface area contributed by atoms with Crippen LogP contribution in [0.3, 0.4) is 0 Å². The first-order valence-corrected chi connectivity index (χ1v) is 7.41. The summed E-state index contributed by atoms with van der Waals surface area (Å²) in [4.78, 5) is 12.6. The lowest BCUT2D eigenvalue weighted by Gasteiger charge is -2.26. The highest BCUT2D eigenvalue weighted by molar-refractivity contribution is 5.89. The van der Waals surface area contributed by atoms with Crippen molar-refractivity contribution in [3.05, 3.63) is 29.3 Å². The van der Waals surface area contributed by atoms with E-state index in [1.54, 1.807) is 7.11 Å². The van der Waals surface area contributed by atoms with Crippen LogP contribution in [0.2, 0.25) is 0 Å². The topological polar surface area (TPSA) is 64.3 Å². The smallest absolute Gasteiger partial charge is 0.244 e. The van der Waals surface area contributed by atoms with Gasteiger partial charge in [0.1, 0.15) is 11.3 Å². The third kappa shape index (κ3) is 2.08. The van der Waals surface area contributed by atoms with Gasteiger partial charge in [-0.2, -0.15) is 0 Å². The SMILES string of the molecule is COc1cccc2c1CC[C@]2(N)C(=O)NC1CCCC1. The number of fused-ring (bicyclic) bond motifs is 1. The Bertz CT molecular complexity index is 523. The van der Waals surface area contributed by atoms with Gasteiger partial charge in [0.05, 0.1) is 7.11 Å². The van der Waals surface area contributed by atoms with E-state index in [0.717, 1.165) is 36.1 Å². The predicted molar refractivity (Wildman–Crippen MR) is 77.6 cm³/mol. The molecule has 2 aliphatic carbocycles. The van der Waals surface area contributed by atoms with Gasteiger partial charge in [-0.3, -0.25) is 4.79 Å². The summed E-state index contributed by atoms with van der Waals surface area (Å²) in [5.74, 6) is 0.805. The van der Waals surface area contributed by atoms with Crippen LogP contribution >= 0.6 is 0 Å². The van der Waals surface area contributed by atoms with Crippen LogP contribution in [0.5, 0.6) is 5.75 Å². The predicted octanol–water partition coefficient (Wildman–Crippen LogP) is 1.85. The molecule has 3 N–H and O–H groups in total. The van der Waals surface area contributed by atoms with Crippen molar-refractivity contribution < 1.29 is 9.53 Å². The zero-order chi connectivity index (χ0) is 14.2. The normalized spacial score (nSPS) is 25.5. The van der Waals surface area contributed by atoms with Gasteiger partial charge in [-0.25, -0.2) is 0 Å². The van der Waals surface area contributed by atoms with Crippen LogP contribution < -0.4 is 15.8 Å². The molecule has 1 atom stereocenters. The molecule has 0 unspecified atom stereocenters. The molecule has 1 amide bonds. The first-order chi connectivity index (χ1) is 9.65. The molecule has 1 fully saturated rings. The minimum atomic E-state index is -0.896. The van der Waals surface area contributed by atoms with Crippen molar-refractivity contribution in [2.75, 3.05) is 7.11 Å². The Morgan fingerprint density at radius 3 is 2.85 bits per heavy atom. The van der Waals surface area contributed by atoms with Crippen molar-refractivity contribution in [2.45, 2.75) is 50.1 Å². The average molecular weight is 274 g/mol. The van der Waals surface area contributed by atoms with Crippen molar-refractivity contribution in [1.82, 2.24) is 5.32 Å². The highest BCUT2D eigenvalue weighted by Gasteiger charge is 2.43. The Balaban J connectivity index is 1.85. The molecule has 108 valence electrons. The number of hydrogen-bond donors (Lipinski definition) is 2. The molecule has 1 aromatic carbocycles. The number of rotatable bonds is 3. The maximum Gasteiger partial charge on any atom is 0.244 e.